The summed E-state index contributed by atoms with van der Waals surface area (Å²) >= 11 is 0. The van der Waals surface area contributed by atoms with Gasteiger partial charge in [-0.1, -0.05) is 6.07 Å². The second kappa shape index (κ2) is 9.64. The number of hydrogen-bond donors (Lipinski definition) is 1. The van der Waals surface area contributed by atoms with Crippen LogP contribution in [-0.4, -0.2) is 58.2 Å². The van der Waals surface area contributed by atoms with Gasteiger partial charge in [-0.3, -0.25) is 18.7 Å². The van der Waals surface area contributed by atoms with Gasteiger partial charge in [-0.05, 0) is 49.8 Å². The summed E-state index contributed by atoms with van der Waals surface area (Å²) in [6.07, 6.45) is 3.60. The Morgan fingerprint density at radius 1 is 1.00 bits per heavy atom. The van der Waals surface area contributed by atoms with E-state index in [1.165, 1.54) is 6.07 Å². The predicted octanol–water partition coefficient (Wildman–Crippen LogP) is 2.19. The van der Waals surface area contributed by atoms with E-state index in [0.717, 1.165) is 48.3 Å². The lowest BCUT2D eigenvalue weighted by Gasteiger charge is -2.38. The molecule has 5 rings (SSSR count). The average Bonchev–Trinajstić information content (AvgIpc) is 3.13. The highest BCUT2D eigenvalue weighted by Crippen LogP contribution is 2.32. The molecule has 9 nitrogen and oxygen atoms in total. The number of fused-ring (bicyclic) bond motifs is 1. The molecule has 35 heavy (non-hydrogen) atoms. The van der Waals surface area contributed by atoms with E-state index in [4.69, 9.17) is 4.74 Å². The molecule has 1 aliphatic heterocycles. The third-order valence-corrected chi connectivity index (χ3v) is 7.67. The maximum Gasteiger partial charge on any atom is 0.328 e. The van der Waals surface area contributed by atoms with Crippen molar-refractivity contribution in [3.63, 3.8) is 0 Å². The van der Waals surface area contributed by atoms with Crippen molar-refractivity contribution in [2.45, 2.75) is 32.2 Å². The van der Waals surface area contributed by atoms with E-state index in [2.05, 4.69) is 9.88 Å². The zero-order valence-corrected chi connectivity index (χ0v) is 20.4. The molecule has 1 aliphatic carbocycles. The number of H-pyrrole nitrogens is 1. The highest BCUT2D eigenvalue weighted by atomic mass is 16.5. The van der Waals surface area contributed by atoms with Crippen molar-refractivity contribution in [2.24, 2.45) is 18.9 Å². The second-order valence-corrected chi connectivity index (χ2v) is 9.74. The molecule has 1 aromatic carbocycles. The van der Waals surface area contributed by atoms with Gasteiger partial charge in [-0.15, -0.1) is 0 Å². The molecule has 9 heteroatoms. The third-order valence-electron chi connectivity index (χ3n) is 7.67. The Bertz CT molecular complexity index is 1320. The average molecular weight is 480 g/mol. The lowest BCUT2D eigenvalue weighted by Crippen LogP contribution is -2.51. The number of hydrogen-bond acceptors (Lipinski definition) is 5. The molecule has 0 spiro atoms. The maximum atomic E-state index is 13.2. The van der Waals surface area contributed by atoms with Gasteiger partial charge in [-0.2, -0.15) is 0 Å². The van der Waals surface area contributed by atoms with E-state index < -0.39 is 0 Å². The van der Waals surface area contributed by atoms with Crippen molar-refractivity contribution in [1.82, 2.24) is 19.0 Å². The minimum absolute atomic E-state index is 0.0101. The number of nitrogens with zero attached hydrogens (tertiary/aromatic N) is 4. The molecular formula is C26H33N5O4. The third kappa shape index (κ3) is 4.59. The minimum atomic E-state index is -0.109. The standard InChI is InChI=1S/C26H33N5O4/c1-28-21-11-10-20(35-2)16-22(21)31(26(28)34)17-18-6-8-19(9-7-18)25(33)30-14-12-29(13-15-30)23-4-3-5-24(32)27-23/h3-5,10-11,16,18-19H,6-9,12-15,17H2,1-2H3,(H,27,32). The first-order chi connectivity index (χ1) is 16.9. The van der Waals surface area contributed by atoms with Crippen LogP contribution >= 0.6 is 0 Å². The van der Waals surface area contributed by atoms with E-state index in [1.807, 2.05) is 33.7 Å². The van der Waals surface area contributed by atoms with Gasteiger partial charge in [0.2, 0.25) is 11.5 Å². The summed E-state index contributed by atoms with van der Waals surface area (Å²) in [5, 5.41) is 0. The predicted molar refractivity (Wildman–Crippen MR) is 135 cm³/mol. The van der Waals surface area contributed by atoms with Gasteiger partial charge in [0.05, 0.1) is 18.1 Å². The number of carbonyl (C=O) groups excluding carboxylic acids is 1. The summed E-state index contributed by atoms with van der Waals surface area (Å²) in [6, 6.07) is 10.9. The highest BCUT2D eigenvalue weighted by molar-refractivity contribution is 5.79. The number of aryl methyl sites for hydroxylation is 1. The van der Waals surface area contributed by atoms with Crippen molar-refractivity contribution in [3.8, 4) is 5.75 Å². The Morgan fingerprint density at radius 3 is 2.43 bits per heavy atom. The molecule has 1 saturated heterocycles. The summed E-state index contributed by atoms with van der Waals surface area (Å²) in [7, 11) is 3.44. The first-order valence-electron chi connectivity index (χ1n) is 12.4. The monoisotopic (exact) mass is 479 g/mol. The Hall–Kier alpha value is -3.49. The molecular weight excluding hydrogens is 446 g/mol. The van der Waals surface area contributed by atoms with Crippen molar-refractivity contribution < 1.29 is 9.53 Å². The van der Waals surface area contributed by atoms with Crippen LogP contribution in [0, 0.1) is 11.8 Å². The number of anilines is 1. The number of pyridine rings is 1. The molecule has 1 saturated carbocycles. The Labute approximate surface area is 203 Å². The number of benzene rings is 1. The lowest BCUT2D eigenvalue weighted by molar-refractivity contribution is -0.137. The zero-order chi connectivity index (χ0) is 24.5. The number of nitrogens with one attached hydrogen (secondary N) is 1. The molecule has 186 valence electrons. The Balaban J connectivity index is 1.18. The van der Waals surface area contributed by atoms with Crippen LogP contribution in [0.15, 0.2) is 46.0 Å². The second-order valence-electron chi connectivity index (χ2n) is 9.74. The van der Waals surface area contributed by atoms with E-state index in [9.17, 15) is 14.4 Å². The SMILES string of the molecule is COc1ccc2c(c1)n(CC1CCC(C(=O)N3CCN(c4cccc(=O)[nH]4)CC3)CC1)c(=O)n2C. The highest BCUT2D eigenvalue weighted by Gasteiger charge is 2.32. The molecule has 2 aromatic heterocycles. The Kier molecular flexibility index (Phi) is 6.40. The number of piperazine rings is 1. The van der Waals surface area contributed by atoms with Crippen molar-refractivity contribution in [3.05, 3.63) is 57.2 Å². The molecule has 2 fully saturated rings. The quantitative estimate of drug-likeness (QED) is 0.606. The van der Waals surface area contributed by atoms with E-state index in [1.54, 1.807) is 24.8 Å². The molecule has 0 atom stereocenters. The van der Waals surface area contributed by atoms with Crippen molar-refractivity contribution in [1.29, 1.82) is 0 Å². The topological polar surface area (TPSA) is 92.6 Å². The first-order valence-corrected chi connectivity index (χ1v) is 12.4. The van der Waals surface area contributed by atoms with Gasteiger partial charge in [0, 0.05) is 57.8 Å². The lowest BCUT2D eigenvalue weighted by atomic mass is 9.81. The smallest absolute Gasteiger partial charge is 0.328 e. The fourth-order valence-electron chi connectivity index (χ4n) is 5.59. The van der Waals surface area contributed by atoms with Gasteiger partial charge in [0.25, 0.3) is 0 Å². The van der Waals surface area contributed by atoms with E-state index in [-0.39, 0.29) is 23.1 Å². The summed E-state index contributed by atoms with van der Waals surface area (Å²) < 4.78 is 8.91. The van der Waals surface area contributed by atoms with E-state index >= 15 is 0 Å². The largest absolute Gasteiger partial charge is 0.497 e. The number of amides is 1. The molecule has 2 aliphatic rings. The number of aromatic amines is 1. The fraction of sp³-hybridized carbons (Fsp3) is 0.500. The van der Waals surface area contributed by atoms with E-state index in [0.29, 0.717) is 38.6 Å². The molecule has 1 amide bonds. The van der Waals surface area contributed by atoms with Crippen LogP contribution in [0.3, 0.4) is 0 Å². The van der Waals surface area contributed by atoms with Gasteiger partial charge in [0.1, 0.15) is 11.6 Å². The number of rotatable bonds is 5. The summed E-state index contributed by atoms with van der Waals surface area (Å²) in [5.41, 5.74) is 1.68. The van der Waals surface area contributed by atoms with Gasteiger partial charge in [-0.25, -0.2) is 4.79 Å². The molecule has 3 aromatic rings. The number of ether oxygens (including phenoxy) is 1. The number of carbonyl (C=O) groups is 1. The number of methoxy groups -OCH3 is 1. The summed E-state index contributed by atoms with van der Waals surface area (Å²) in [5.74, 6) is 2.23. The van der Waals surface area contributed by atoms with Crippen LogP contribution in [0.5, 0.6) is 5.75 Å². The zero-order valence-electron chi connectivity index (χ0n) is 20.4. The van der Waals surface area contributed by atoms with Gasteiger partial charge < -0.3 is 19.5 Å². The van der Waals surface area contributed by atoms with Crippen LogP contribution in [-0.2, 0) is 18.4 Å². The molecule has 0 unspecified atom stereocenters. The molecule has 1 N–H and O–H groups in total. The number of aromatic nitrogens is 3. The Morgan fingerprint density at radius 2 is 1.74 bits per heavy atom. The maximum absolute atomic E-state index is 13.2. The summed E-state index contributed by atoms with van der Waals surface area (Å²) in [6.45, 7) is 3.44. The van der Waals surface area contributed by atoms with Crippen LogP contribution in [0.2, 0.25) is 0 Å². The van der Waals surface area contributed by atoms with Crippen LogP contribution in [0.25, 0.3) is 11.0 Å². The number of imidazole rings is 1. The van der Waals surface area contributed by atoms with Crippen LogP contribution in [0.1, 0.15) is 25.7 Å². The molecule has 0 radical (unpaired) electrons. The van der Waals surface area contributed by atoms with Crippen molar-refractivity contribution in [2.75, 3.05) is 38.2 Å². The molecule has 0 bridgehead atoms. The fourth-order valence-corrected chi connectivity index (χ4v) is 5.59. The minimum Gasteiger partial charge on any atom is -0.497 e. The van der Waals surface area contributed by atoms with Crippen LogP contribution < -0.4 is 20.9 Å². The first kappa shape index (κ1) is 23.3. The molecule has 3 heterocycles. The normalized spacial score (nSPS) is 20.9. The summed E-state index contributed by atoms with van der Waals surface area (Å²) in [4.78, 5) is 44.6. The van der Waals surface area contributed by atoms with Gasteiger partial charge >= 0.3 is 5.69 Å². The van der Waals surface area contributed by atoms with Crippen molar-refractivity contribution >= 4 is 22.8 Å². The van der Waals surface area contributed by atoms with Crippen LogP contribution in [0.4, 0.5) is 5.82 Å². The van der Waals surface area contributed by atoms with Gasteiger partial charge in [0.15, 0.2) is 0 Å².